The zero-order valence-corrected chi connectivity index (χ0v) is 11.8. The predicted octanol–water partition coefficient (Wildman–Crippen LogP) is 0.982. The Balaban J connectivity index is 1.89. The highest BCUT2D eigenvalue weighted by Gasteiger charge is 2.10. The molecule has 1 aliphatic heterocycles. The fourth-order valence-electron chi connectivity index (χ4n) is 1.81. The minimum absolute atomic E-state index is 0.150. The highest BCUT2D eigenvalue weighted by Crippen LogP contribution is 2.30. The highest BCUT2D eigenvalue weighted by atomic mass is 32.2. The molecule has 0 saturated carbocycles. The van der Waals surface area contributed by atoms with E-state index in [0.717, 1.165) is 23.5 Å². The molecule has 0 saturated heterocycles. The second kappa shape index (κ2) is 6.25. The van der Waals surface area contributed by atoms with E-state index in [1.54, 1.807) is 0 Å². The predicted molar refractivity (Wildman–Crippen MR) is 73.5 cm³/mol. The van der Waals surface area contributed by atoms with Crippen LogP contribution in [0.5, 0.6) is 11.5 Å². The van der Waals surface area contributed by atoms with E-state index < -0.39 is 9.84 Å². The lowest BCUT2D eigenvalue weighted by molar-refractivity contribution is 0.297. The summed E-state index contributed by atoms with van der Waals surface area (Å²) in [7, 11) is -2.90. The second-order valence-electron chi connectivity index (χ2n) is 4.64. The summed E-state index contributed by atoms with van der Waals surface area (Å²) in [5.41, 5.74) is 1.05. The molecule has 5 nitrogen and oxygen atoms in total. The Kier molecular flexibility index (Phi) is 4.66. The Bertz CT molecular complexity index is 527. The Morgan fingerprint density at radius 2 is 1.95 bits per heavy atom. The molecule has 0 unspecified atom stereocenters. The van der Waals surface area contributed by atoms with E-state index in [1.165, 1.54) is 6.26 Å². The van der Waals surface area contributed by atoms with Crippen LogP contribution in [0.3, 0.4) is 0 Å². The van der Waals surface area contributed by atoms with E-state index in [-0.39, 0.29) is 5.75 Å². The number of hydrogen-bond donors (Lipinski definition) is 1. The summed E-state index contributed by atoms with van der Waals surface area (Å²) < 4.78 is 33.1. The van der Waals surface area contributed by atoms with Gasteiger partial charge in [-0.2, -0.15) is 0 Å². The van der Waals surface area contributed by atoms with Gasteiger partial charge in [0.05, 0.1) is 19.0 Å². The maximum atomic E-state index is 11.0. The third-order valence-corrected chi connectivity index (χ3v) is 3.74. The minimum atomic E-state index is -2.90. The van der Waals surface area contributed by atoms with Gasteiger partial charge in [-0.1, -0.05) is 6.07 Å². The standard InChI is InChI=1S/C13H19NO4S/c1-19(15,16)8-5-14-10-11-3-4-12-13(9-11)18-7-2-6-17-12/h3-4,9,14H,2,5-8,10H2,1H3. The van der Waals surface area contributed by atoms with Gasteiger partial charge in [-0.25, -0.2) is 8.42 Å². The highest BCUT2D eigenvalue weighted by molar-refractivity contribution is 7.90. The smallest absolute Gasteiger partial charge is 0.161 e. The molecule has 0 atom stereocenters. The van der Waals surface area contributed by atoms with Crippen LogP contribution in [0, 0.1) is 0 Å². The third kappa shape index (κ3) is 4.72. The fraction of sp³-hybridized carbons (Fsp3) is 0.538. The van der Waals surface area contributed by atoms with E-state index in [9.17, 15) is 8.42 Å². The quantitative estimate of drug-likeness (QED) is 0.817. The molecule has 2 rings (SSSR count). The molecule has 106 valence electrons. The van der Waals surface area contributed by atoms with Crippen molar-refractivity contribution in [2.75, 3.05) is 31.8 Å². The normalized spacial score (nSPS) is 15.0. The molecule has 19 heavy (non-hydrogen) atoms. The van der Waals surface area contributed by atoms with Crippen molar-refractivity contribution in [2.24, 2.45) is 0 Å². The largest absolute Gasteiger partial charge is 0.490 e. The van der Waals surface area contributed by atoms with Gasteiger partial charge in [0.25, 0.3) is 0 Å². The average Bonchev–Trinajstić information content (AvgIpc) is 2.58. The van der Waals surface area contributed by atoms with Crippen LogP contribution in [0.4, 0.5) is 0 Å². The zero-order valence-electron chi connectivity index (χ0n) is 11.0. The number of fused-ring (bicyclic) bond motifs is 1. The first-order valence-electron chi connectivity index (χ1n) is 6.31. The number of nitrogens with one attached hydrogen (secondary N) is 1. The molecule has 0 amide bonds. The molecule has 0 spiro atoms. The molecular formula is C13H19NO4S. The van der Waals surface area contributed by atoms with Gasteiger partial charge in [-0.3, -0.25) is 0 Å². The van der Waals surface area contributed by atoms with Crippen molar-refractivity contribution in [3.05, 3.63) is 23.8 Å². The van der Waals surface area contributed by atoms with Crippen molar-refractivity contribution in [1.29, 1.82) is 0 Å². The summed E-state index contributed by atoms with van der Waals surface area (Å²) in [5.74, 6) is 1.69. The Morgan fingerprint density at radius 1 is 1.21 bits per heavy atom. The molecule has 1 aromatic carbocycles. The molecule has 1 aromatic rings. The van der Waals surface area contributed by atoms with Crippen molar-refractivity contribution in [3.8, 4) is 11.5 Å². The maximum absolute atomic E-state index is 11.0. The van der Waals surface area contributed by atoms with Gasteiger partial charge >= 0.3 is 0 Å². The van der Waals surface area contributed by atoms with Crippen LogP contribution >= 0.6 is 0 Å². The molecular weight excluding hydrogens is 266 g/mol. The van der Waals surface area contributed by atoms with Crippen LogP contribution in [-0.4, -0.2) is 40.2 Å². The van der Waals surface area contributed by atoms with Gasteiger partial charge in [0.1, 0.15) is 9.84 Å². The van der Waals surface area contributed by atoms with Crippen LogP contribution in [-0.2, 0) is 16.4 Å². The molecule has 0 aromatic heterocycles. The first-order chi connectivity index (χ1) is 9.04. The molecule has 1 heterocycles. The zero-order chi connectivity index (χ0) is 13.7. The first kappa shape index (κ1) is 14.1. The van der Waals surface area contributed by atoms with Gasteiger partial charge < -0.3 is 14.8 Å². The fourth-order valence-corrected chi connectivity index (χ4v) is 2.32. The lowest BCUT2D eigenvalue weighted by Gasteiger charge is -2.10. The summed E-state index contributed by atoms with van der Waals surface area (Å²) >= 11 is 0. The first-order valence-corrected chi connectivity index (χ1v) is 8.38. The second-order valence-corrected chi connectivity index (χ2v) is 6.90. The van der Waals surface area contributed by atoms with Crippen molar-refractivity contribution in [1.82, 2.24) is 5.32 Å². The summed E-state index contributed by atoms with van der Waals surface area (Å²) in [5, 5.41) is 3.11. The molecule has 0 radical (unpaired) electrons. The van der Waals surface area contributed by atoms with Crippen molar-refractivity contribution < 1.29 is 17.9 Å². The van der Waals surface area contributed by atoms with Gasteiger partial charge in [0.15, 0.2) is 11.5 Å². The van der Waals surface area contributed by atoms with Gasteiger partial charge in [0, 0.05) is 25.8 Å². The number of rotatable bonds is 5. The average molecular weight is 285 g/mol. The van der Waals surface area contributed by atoms with Gasteiger partial charge in [0.2, 0.25) is 0 Å². The van der Waals surface area contributed by atoms with Crippen molar-refractivity contribution in [2.45, 2.75) is 13.0 Å². The Morgan fingerprint density at radius 3 is 2.68 bits per heavy atom. The number of sulfone groups is 1. The lowest BCUT2D eigenvalue weighted by Crippen LogP contribution is -2.21. The molecule has 0 fully saturated rings. The Hall–Kier alpha value is -1.27. The topological polar surface area (TPSA) is 64.6 Å². The lowest BCUT2D eigenvalue weighted by atomic mass is 10.2. The van der Waals surface area contributed by atoms with E-state index >= 15 is 0 Å². The van der Waals surface area contributed by atoms with Gasteiger partial charge in [-0.15, -0.1) is 0 Å². The van der Waals surface area contributed by atoms with Crippen LogP contribution in [0.25, 0.3) is 0 Å². The van der Waals surface area contributed by atoms with E-state index in [2.05, 4.69) is 5.32 Å². The molecule has 0 bridgehead atoms. The number of ether oxygens (including phenoxy) is 2. The summed E-state index contributed by atoms with van der Waals surface area (Å²) in [4.78, 5) is 0. The SMILES string of the molecule is CS(=O)(=O)CCNCc1ccc2c(c1)OCCCO2. The van der Waals surface area contributed by atoms with Crippen LogP contribution in [0.1, 0.15) is 12.0 Å². The Labute approximate surface area is 113 Å². The van der Waals surface area contributed by atoms with E-state index in [4.69, 9.17) is 9.47 Å². The van der Waals surface area contributed by atoms with Crippen LogP contribution < -0.4 is 14.8 Å². The summed E-state index contributed by atoms with van der Waals surface area (Å²) in [6.07, 6.45) is 2.12. The van der Waals surface area contributed by atoms with Gasteiger partial charge in [-0.05, 0) is 17.7 Å². The molecule has 1 N–H and O–H groups in total. The third-order valence-electron chi connectivity index (χ3n) is 2.79. The molecule has 1 aliphatic rings. The van der Waals surface area contributed by atoms with Crippen LogP contribution in [0.2, 0.25) is 0 Å². The van der Waals surface area contributed by atoms with Crippen molar-refractivity contribution >= 4 is 9.84 Å². The summed E-state index contributed by atoms with van der Waals surface area (Å²) in [6, 6.07) is 5.79. The number of hydrogen-bond acceptors (Lipinski definition) is 5. The maximum Gasteiger partial charge on any atom is 0.161 e. The summed E-state index contributed by atoms with van der Waals surface area (Å²) in [6.45, 7) is 2.41. The van der Waals surface area contributed by atoms with Crippen LogP contribution in [0.15, 0.2) is 18.2 Å². The number of benzene rings is 1. The molecule has 0 aliphatic carbocycles. The molecule has 6 heteroatoms. The van der Waals surface area contributed by atoms with E-state index in [0.29, 0.717) is 26.3 Å². The van der Waals surface area contributed by atoms with Crippen molar-refractivity contribution in [3.63, 3.8) is 0 Å². The monoisotopic (exact) mass is 285 g/mol. The minimum Gasteiger partial charge on any atom is -0.490 e. The van der Waals surface area contributed by atoms with E-state index in [1.807, 2.05) is 18.2 Å².